The monoisotopic (exact) mass is 264 g/mol. The second-order valence-electron chi connectivity index (χ2n) is 4.14. The predicted octanol–water partition coefficient (Wildman–Crippen LogP) is -0.643. The molecule has 7 heteroatoms. The average molecular weight is 264 g/mol. The number of aliphatic hydroxyl groups is 1. The quantitative estimate of drug-likeness (QED) is 0.577. The van der Waals surface area contributed by atoms with Gasteiger partial charge in [-0.2, -0.15) is 0 Å². The normalized spacial score (nSPS) is 14.5. The molecule has 1 heterocycles. The number of rotatable bonds is 4. The first-order valence-corrected chi connectivity index (χ1v) is 5.58. The second kappa shape index (κ2) is 5.07. The van der Waals surface area contributed by atoms with E-state index >= 15 is 0 Å². The summed E-state index contributed by atoms with van der Waals surface area (Å²) in [4.78, 5) is 33.7. The van der Waals surface area contributed by atoms with Gasteiger partial charge in [0.1, 0.15) is 0 Å². The van der Waals surface area contributed by atoms with Gasteiger partial charge < -0.3 is 20.8 Å². The van der Waals surface area contributed by atoms with E-state index in [1.165, 1.54) is 12.1 Å². The summed E-state index contributed by atoms with van der Waals surface area (Å²) < 4.78 is 0. The zero-order valence-corrected chi connectivity index (χ0v) is 9.84. The number of hydrogen-bond donors (Lipinski definition) is 4. The van der Waals surface area contributed by atoms with Gasteiger partial charge >= 0.3 is 5.97 Å². The van der Waals surface area contributed by atoms with E-state index < -0.39 is 24.5 Å². The Morgan fingerprint density at radius 2 is 2.16 bits per heavy atom. The highest BCUT2D eigenvalue weighted by molar-refractivity contribution is 6.02. The number of nitrogens with one attached hydrogen (secondary N) is 2. The van der Waals surface area contributed by atoms with Crippen molar-refractivity contribution in [2.45, 2.75) is 12.5 Å². The zero-order chi connectivity index (χ0) is 14.0. The molecule has 1 aliphatic heterocycles. The Balaban J connectivity index is 2.15. The highest BCUT2D eigenvalue weighted by atomic mass is 16.4. The minimum atomic E-state index is -1.35. The topological polar surface area (TPSA) is 116 Å². The number of benzene rings is 1. The van der Waals surface area contributed by atoms with Gasteiger partial charge in [0.2, 0.25) is 5.91 Å². The Labute approximate surface area is 108 Å². The van der Waals surface area contributed by atoms with E-state index in [1.54, 1.807) is 6.07 Å². The van der Waals surface area contributed by atoms with E-state index in [0.717, 1.165) is 0 Å². The standard InChI is InChI=1S/C12H12N2O5/c15-5-9(12(18)19)14-11(17)6-1-2-8-7(3-6)4-10(16)13-8/h1-3,9,15H,4-5H2,(H,13,16)(H,14,17)(H,18,19). The van der Waals surface area contributed by atoms with Crippen LogP contribution < -0.4 is 10.6 Å². The molecule has 1 unspecified atom stereocenters. The number of carboxylic acids is 1. The van der Waals surface area contributed by atoms with Crippen LogP contribution in [0.3, 0.4) is 0 Å². The largest absolute Gasteiger partial charge is 0.480 e. The van der Waals surface area contributed by atoms with Gasteiger partial charge in [-0.1, -0.05) is 0 Å². The fourth-order valence-corrected chi connectivity index (χ4v) is 1.80. The van der Waals surface area contributed by atoms with Gasteiger partial charge in [-0.15, -0.1) is 0 Å². The summed E-state index contributed by atoms with van der Waals surface area (Å²) in [6.45, 7) is -0.688. The molecule has 2 amide bonds. The SMILES string of the molecule is O=C1Cc2cc(C(=O)NC(CO)C(=O)O)ccc2N1. The van der Waals surface area contributed by atoms with E-state index in [4.69, 9.17) is 10.2 Å². The van der Waals surface area contributed by atoms with Crippen LogP contribution in [0.2, 0.25) is 0 Å². The molecule has 0 bridgehead atoms. The Kier molecular flexibility index (Phi) is 3.48. The van der Waals surface area contributed by atoms with E-state index in [0.29, 0.717) is 11.3 Å². The number of fused-ring (bicyclic) bond motifs is 1. The lowest BCUT2D eigenvalue weighted by Crippen LogP contribution is -2.43. The molecule has 19 heavy (non-hydrogen) atoms. The molecule has 0 saturated heterocycles. The maximum Gasteiger partial charge on any atom is 0.328 e. The highest BCUT2D eigenvalue weighted by Crippen LogP contribution is 2.23. The van der Waals surface area contributed by atoms with Crippen LogP contribution in [0.5, 0.6) is 0 Å². The van der Waals surface area contributed by atoms with Gasteiger partial charge in [0.25, 0.3) is 5.91 Å². The van der Waals surface area contributed by atoms with Gasteiger partial charge in [0.05, 0.1) is 13.0 Å². The van der Waals surface area contributed by atoms with Gasteiger partial charge in [-0.3, -0.25) is 9.59 Å². The van der Waals surface area contributed by atoms with Crippen molar-refractivity contribution in [3.05, 3.63) is 29.3 Å². The Bertz CT molecular complexity index is 555. The summed E-state index contributed by atoms with van der Waals surface area (Å²) in [5.41, 5.74) is 1.59. The molecule has 0 saturated carbocycles. The summed E-state index contributed by atoms with van der Waals surface area (Å²) in [5.74, 6) is -2.07. The van der Waals surface area contributed by atoms with E-state index in [-0.39, 0.29) is 17.9 Å². The fourth-order valence-electron chi connectivity index (χ4n) is 1.80. The minimum Gasteiger partial charge on any atom is -0.480 e. The first kappa shape index (κ1) is 13.0. The lowest BCUT2D eigenvalue weighted by atomic mass is 10.1. The molecule has 100 valence electrons. The van der Waals surface area contributed by atoms with Crippen molar-refractivity contribution in [1.82, 2.24) is 5.32 Å². The Hall–Kier alpha value is -2.41. The van der Waals surface area contributed by atoms with Gasteiger partial charge in [-0.25, -0.2) is 4.79 Å². The van der Waals surface area contributed by atoms with Crippen molar-refractivity contribution in [1.29, 1.82) is 0 Å². The number of amides is 2. The maximum absolute atomic E-state index is 11.8. The zero-order valence-electron chi connectivity index (χ0n) is 9.84. The third-order valence-electron chi connectivity index (χ3n) is 2.78. The van der Waals surface area contributed by atoms with Crippen molar-refractivity contribution in [2.75, 3.05) is 11.9 Å². The van der Waals surface area contributed by atoms with Crippen molar-refractivity contribution in [2.24, 2.45) is 0 Å². The van der Waals surface area contributed by atoms with Crippen molar-refractivity contribution in [3.8, 4) is 0 Å². The van der Waals surface area contributed by atoms with Crippen molar-refractivity contribution >= 4 is 23.5 Å². The number of carbonyl (C=O) groups excluding carboxylic acids is 2. The number of carboxylic acid groups (broad SMARTS) is 1. The Morgan fingerprint density at radius 1 is 1.42 bits per heavy atom. The number of hydrogen-bond acceptors (Lipinski definition) is 4. The van der Waals surface area contributed by atoms with Crippen LogP contribution in [0.1, 0.15) is 15.9 Å². The molecule has 1 aromatic carbocycles. The molecule has 2 rings (SSSR count). The molecule has 4 N–H and O–H groups in total. The van der Waals surface area contributed by atoms with Crippen LogP contribution in [0.25, 0.3) is 0 Å². The summed E-state index contributed by atoms with van der Waals surface area (Å²) in [6, 6.07) is 3.25. The Morgan fingerprint density at radius 3 is 2.79 bits per heavy atom. The average Bonchev–Trinajstić information content (AvgIpc) is 2.74. The van der Waals surface area contributed by atoms with Crippen molar-refractivity contribution in [3.63, 3.8) is 0 Å². The van der Waals surface area contributed by atoms with E-state index in [2.05, 4.69) is 10.6 Å². The number of aliphatic hydroxyl groups excluding tert-OH is 1. The lowest BCUT2D eigenvalue weighted by Gasteiger charge is -2.12. The molecular weight excluding hydrogens is 252 g/mol. The van der Waals surface area contributed by atoms with E-state index in [9.17, 15) is 14.4 Å². The van der Waals surface area contributed by atoms with Crippen LogP contribution in [0.15, 0.2) is 18.2 Å². The summed E-state index contributed by atoms with van der Waals surface area (Å²) in [7, 11) is 0. The first-order valence-electron chi connectivity index (χ1n) is 5.58. The van der Waals surface area contributed by atoms with E-state index in [1.807, 2.05) is 0 Å². The first-order chi connectivity index (χ1) is 9.01. The van der Waals surface area contributed by atoms with Crippen LogP contribution in [0, 0.1) is 0 Å². The van der Waals surface area contributed by atoms with Crippen LogP contribution in [0.4, 0.5) is 5.69 Å². The molecule has 0 spiro atoms. The second-order valence-corrected chi connectivity index (χ2v) is 4.14. The van der Waals surface area contributed by atoms with Crippen molar-refractivity contribution < 1.29 is 24.6 Å². The molecule has 0 fully saturated rings. The minimum absolute atomic E-state index is 0.147. The summed E-state index contributed by atoms with van der Waals surface area (Å²) >= 11 is 0. The molecule has 1 aliphatic rings. The number of carbonyl (C=O) groups is 3. The molecule has 1 aromatic rings. The number of anilines is 1. The third kappa shape index (κ3) is 2.71. The summed E-state index contributed by atoms with van der Waals surface area (Å²) in [6.07, 6.45) is 0.193. The van der Waals surface area contributed by atoms with Gasteiger partial charge in [0.15, 0.2) is 6.04 Å². The molecule has 0 radical (unpaired) electrons. The lowest BCUT2D eigenvalue weighted by molar-refractivity contribution is -0.140. The molecular formula is C12H12N2O5. The molecule has 7 nitrogen and oxygen atoms in total. The molecule has 0 aromatic heterocycles. The summed E-state index contributed by atoms with van der Waals surface area (Å²) in [5, 5.41) is 22.4. The van der Waals surface area contributed by atoms with Crippen LogP contribution >= 0.6 is 0 Å². The predicted molar refractivity (Wildman–Crippen MR) is 64.8 cm³/mol. The highest BCUT2D eigenvalue weighted by Gasteiger charge is 2.22. The fraction of sp³-hybridized carbons (Fsp3) is 0.250. The molecule has 1 atom stereocenters. The van der Waals surface area contributed by atoms with Crippen LogP contribution in [-0.4, -0.2) is 40.6 Å². The van der Waals surface area contributed by atoms with Gasteiger partial charge in [-0.05, 0) is 23.8 Å². The number of aliphatic carboxylic acids is 1. The molecule has 0 aliphatic carbocycles. The van der Waals surface area contributed by atoms with Gasteiger partial charge in [0, 0.05) is 11.3 Å². The van der Waals surface area contributed by atoms with Crippen LogP contribution in [-0.2, 0) is 16.0 Å². The third-order valence-corrected chi connectivity index (χ3v) is 2.78. The smallest absolute Gasteiger partial charge is 0.328 e. The maximum atomic E-state index is 11.8.